The Bertz CT molecular complexity index is 632. The summed E-state index contributed by atoms with van der Waals surface area (Å²) in [5.74, 6) is 0.0309. The first-order valence-electron chi connectivity index (χ1n) is 6.55. The number of hydrogen-bond acceptors (Lipinski definition) is 2. The highest BCUT2D eigenvalue weighted by atomic mass is 16.2. The summed E-state index contributed by atoms with van der Waals surface area (Å²) in [6.07, 6.45) is 0. The molecule has 0 aliphatic heterocycles. The molecule has 3 nitrogen and oxygen atoms in total. The number of rotatable bonds is 2. The minimum absolute atomic E-state index is 0.0309. The van der Waals surface area contributed by atoms with E-state index in [1.807, 2.05) is 52.9 Å². The van der Waals surface area contributed by atoms with E-state index < -0.39 is 0 Å². The number of fused-ring (bicyclic) bond motifs is 1. The Balaban J connectivity index is 2.54. The number of hydrogen-bond donors (Lipinski definition) is 0. The van der Waals surface area contributed by atoms with Gasteiger partial charge in [-0.25, -0.2) is 0 Å². The fraction of sp³-hybridized carbons (Fsp3) is 0.375. The standard InChI is InChI=1S/C16H20N2O/c1-10(2)18(5)16(19)14-9-13-8-11(3)6-7-15(13)17-12(14)4/h6-10H,1-5H3. The number of carbonyl (C=O) groups excluding carboxylic acids is 1. The van der Waals surface area contributed by atoms with Crippen LogP contribution in [0.25, 0.3) is 10.9 Å². The summed E-state index contributed by atoms with van der Waals surface area (Å²) < 4.78 is 0. The molecule has 0 aliphatic rings. The van der Waals surface area contributed by atoms with Gasteiger partial charge in [0.15, 0.2) is 0 Å². The van der Waals surface area contributed by atoms with Crippen LogP contribution in [0.4, 0.5) is 0 Å². The number of nitrogens with zero attached hydrogens (tertiary/aromatic N) is 2. The van der Waals surface area contributed by atoms with Crippen LogP contribution >= 0.6 is 0 Å². The zero-order valence-corrected chi connectivity index (χ0v) is 12.2. The van der Waals surface area contributed by atoms with Gasteiger partial charge in [0.25, 0.3) is 5.91 Å². The van der Waals surface area contributed by atoms with Gasteiger partial charge in [0, 0.05) is 18.5 Å². The monoisotopic (exact) mass is 256 g/mol. The minimum atomic E-state index is 0.0309. The number of benzene rings is 1. The summed E-state index contributed by atoms with van der Waals surface area (Å²) in [7, 11) is 1.83. The van der Waals surface area contributed by atoms with Gasteiger partial charge in [-0.3, -0.25) is 9.78 Å². The summed E-state index contributed by atoms with van der Waals surface area (Å²) in [5, 5.41) is 1.02. The molecule has 0 saturated carbocycles. The Morgan fingerprint density at radius 2 is 1.89 bits per heavy atom. The molecule has 2 aromatic rings. The van der Waals surface area contributed by atoms with Crippen molar-refractivity contribution in [2.75, 3.05) is 7.05 Å². The third-order valence-corrected chi connectivity index (χ3v) is 3.49. The summed E-state index contributed by atoms with van der Waals surface area (Å²) >= 11 is 0. The summed E-state index contributed by atoms with van der Waals surface area (Å²) in [5.41, 5.74) is 3.59. The molecule has 1 heterocycles. The predicted molar refractivity (Wildman–Crippen MR) is 78.4 cm³/mol. The van der Waals surface area contributed by atoms with E-state index in [0.29, 0.717) is 5.56 Å². The zero-order valence-electron chi connectivity index (χ0n) is 12.2. The topological polar surface area (TPSA) is 33.2 Å². The average Bonchev–Trinajstić information content (AvgIpc) is 2.36. The molecule has 19 heavy (non-hydrogen) atoms. The average molecular weight is 256 g/mol. The van der Waals surface area contributed by atoms with E-state index in [4.69, 9.17) is 0 Å². The molecule has 100 valence electrons. The quantitative estimate of drug-likeness (QED) is 0.825. The molecule has 0 saturated heterocycles. The molecule has 0 unspecified atom stereocenters. The lowest BCUT2D eigenvalue weighted by Crippen LogP contribution is -2.33. The second-order valence-corrected chi connectivity index (χ2v) is 5.33. The SMILES string of the molecule is Cc1ccc2nc(C)c(C(=O)N(C)C(C)C)cc2c1. The maximum absolute atomic E-state index is 12.4. The van der Waals surface area contributed by atoms with Crippen LogP contribution in [0.3, 0.4) is 0 Å². The van der Waals surface area contributed by atoms with Gasteiger partial charge in [-0.2, -0.15) is 0 Å². The van der Waals surface area contributed by atoms with Gasteiger partial charge in [-0.05, 0) is 45.9 Å². The van der Waals surface area contributed by atoms with Gasteiger partial charge in [0.1, 0.15) is 0 Å². The van der Waals surface area contributed by atoms with Gasteiger partial charge in [-0.15, -0.1) is 0 Å². The lowest BCUT2D eigenvalue weighted by molar-refractivity contribution is 0.0754. The normalized spacial score (nSPS) is 11.1. The van der Waals surface area contributed by atoms with E-state index >= 15 is 0 Å². The van der Waals surface area contributed by atoms with Crippen LogP contribution in [-0.2, 0) is 0 Å². The fourth-order valence-corrected chi connectivity index (χ4v) is 2.03. The van der Waals surface area contributed by atoms with Crippen LogP contribution in [-0.4, -0.2) is 28.9 Å². The Kier molecular flexibility index (Phi) is 3.56. The van der Waals surface area contributed by atoms with Crippen molar-refractivity contribution in [3.05, 3.63) is 41.1 Å². The molecule has 0 radical (unpaired) electrons. The Labute approximate surface area is 114 Å². The number of carbonyl (C=O) groups is 1. The Hall–Kier alpha value is -1.90. The third-order valence-electron chi connectivity index (χ3n) is 3.49. The smallest absolute Gasteiger partial charge is 0.255 e. The first-order chi connectivity index (χ1) is 8.90. The maximum Gasteiger partial charge on any atom is 0.255 e. The van der Waals surface area contributed by atoms with Crippen molar-refractivity contribution in [1.82, 2.24) is 9.88 Å². The Morgan fingerprint density at radius 3 is 2.53 bits per heavy atom. The Morgan fingerprint density at radius 1 is 1.21 bits per heavy atom. The van der Waals surface area contributed by atoms with E-state index in [1.54, 1.807) is 4.90 Å². The van der Waals surface area contributed by atoms with Crippen LogP contribution in [0, 0.1) is 13.8 Å². The van der Waals surface area contributed by atoms with Crippen LogP contribution in [0.15, 0.2) is 24.3 Å². The number of aromatic nitrogens is 1. The van der Waals surface area contributed by atoms with Crippen LogP contribution in [0.2, 0.25) is 0 Å². The molecule has 2 rings (SSSR count). The van der Waals surface area contributed by atoms with Gasteiger partial charge < -0.3 is 4.90 Å². The fourth-order valence-electron chi connectivity index (χ4n) is 2.03. The highest BCUT2D eigenvalue weighted by molar-refractivity contribution is 5.98. The van der Waals surface area contributed by atoms with E-state index in [1.165, 1.54) is 5.56 Å². The molecule has 1 aromatic carbocycles. The van der Waals surface area contributed by atoms with Crippen molar-refractivity contribution < 1.29 is 4.79 Å². The van der Waals surface area contributed by atoms with E-state index in [0.717, 1.165) is 16.6 Å². The maximum atomic E-state index is 12.4. The van der Waals surface area contributed by atoms with Crippen molar-refractivity contribution in [3.63, 3.8) is 0 Å². The zero-order chi connectivity index (χ0) is 14.2. The molecule has 0 spiro atoms. The van der Waals surface area contributed by atoms with Crippen LogP contribution < -0.4 is 0 Å². The van der Waals surface area contributed by atoms with E-state index in [2.05, 4.69) is 11.1 Å². The molecular weight excluding hydrogens is 236 g/mol. The van der Waals surface area contributed by atoms with Gasteiger partial charge in [0.2, 0.25) is 0 Å². The molecule has 0 bridgehead atoms. The molecule has 0 N–H and O–H groups in total. The van der Waals surface area contributed by atoms with Gasteiger partial charge in [0.05, 0.1) is 16.8 Å². The first-order valence-corrected chi connectivity index (χ1v) is 6.55. The second-order valence-electron chi connectivity index (χ2n) is 5.33. The van der Waals surface area contributed by atoms with Crippen LogP contribution in [0.5, 0.6) is 0 Å². The molecule has 0 atom stereocenters. The molecule has 3 heteroatoms. The minimum Gasteiger partial charge on any atom is -0.339 e. The summed E-state index contributed by atoms with van der Waals surface area (Å²) in [4.78, 5) is 18.7. The van der Waals surface area contributed by atoms with Crippen molar-refractivity contribution in [1.29, 1.82) is 0 Å². The van der Waals surface area contributed by atoms with Crippen LogP contribution in [0.1, 0.15) is 35.5 Å². The lowest BCUT2D eigenvalue weighted by Gasteiger charge is -2.22. The summed E-state index contributed by atoms with van der Waals surface area (Å²) in [6, 6.07) is 8.23. The van der Waals surface area contributed by atoms with E-state index in [9.17, 15) is 4.79 Å². The van der Waals surface area contributed by atoms with Gasteiger partial charge in [-0.1, -0.05) is 11.6 Å². The summed E-state index contributed by atoms with van der Waals surface area (Å²) in [6.45, 7) is 7.94. The largest absolute Gasteiger partial charge is 0.339 e. The lowest BCUT2D eigenvalue weighted by atomic mass is 10.1. The molecule has 1 aromatic heterocycles. The third kappa shape index (κ3) is 2.60. The highest BCUT2D eigenvalue weighted by Gasteiger charge is 2.17. The molecule has 0 aliphatic carbocycles. The van der Waals surface area contributed by atoms with Crippen molar-refractivity contribution in [3.8, 4) is 0 Å². The number of amides is 1. The van der Waals surface area contributed by atoms with Crippen molar-refractivity contribution in [2.45, 2.75) is 33.7 Å². The van der Waals surface area contributed by atoms with E-state index in [-0.39, 0.29) is 11.9 Å². The highest BCUT2D eigenvalue weighted by Crippen LogP contribution is 2.19. The molecule has 0 fully saturated rings. The first kappa shape index (κ1) is 13.5. The predicted octanol–water partition coefficient (Wildman–Crippen LogP) is 3.33. The van der Waals surface area contributed by atoms with Crippen molar-refractivity contribution in [2.24, 2.45) is 0 Å². The molecule has 1 amide bonds. The second kappa shape index (κ2) is 5.00. The number of aryl methyl sites for hydroxylation is 2. The molecular formula is C16H20N2O. The van der Waals surface area contributed by atoms with Crippen molar-refractivity contribution >= 4 is 16.8 Å². The number of pyridine rings is 1. The van der Waals surface area contributed by atoms with Gasteiger partial charge >= 0.3 is 0 Å².